The van der Waals surface area contributed by atoms with Crippen LogP contribution < -0.4 is 15.4 Å². The van der Waals surface area contributed by atoms with Crippen molar-refractivity contribution in [2.75, 3.05) is 11.9 Å². The van der Waals surface area contributed by atoms with Crippen molar-refractivity contribution in [3.8, 4) is 22.9 Å². The minimum Gasteiger partial charge on any atom is -0.482 e. The number of nitrogens with one attached hydrogen (secondary N) is 2. The van der Waals surface area contributed by atoms with Gasteiger partial charge in [-0.25, -0.2) is 0 Å². The van der Waals surface area contributed by atoms with Gasteiger partial charge >= 0.3 is 0 Å². The molecule has 1 saturated carbocycles. The number of amides is 2. The Morgan fingerprint density at radius 2 is 1.97 bits per heavy atom. The van der Waals surface area contributed by atoms with Crippen molar-refractivity contribution in [1.82, 2.24) is 10.2 Å². The Hall–Kier alpha value is -3.99. The molecule has 2 N–H and O–H groups in total. The summed E-state index contributed by atoms with van der Waals surface area (Å²) in [7, 11) is 0. The van der Waals surface area contributed by atoms with E-state index in [0.717, 1.165) is 36.0 Å². The van der Waals surface area contributed by atoms with Crippen LogP contribution in [0, 0.1) is 17.2 Å². The second kappa shape index (κ2) is 10.1. The summed E-state index contributed by atoms with van der Waals surface area (Å²) < 4.78 is 11.5. The van der Waals surface area contributed by atoms with Gasteiger partial charge in [-0.05, 0) is 81.4 Å². The van der Waals surface area contributed by atoms with Crippen LogP contribution in [0.25, 0.3) is 11.1 Å². The molecule has 1 aliphatic carbocycles. The average Bonchev–Trinajstić information content (AvgIpc) is 3.49. The number of nitriles is 1. The van der Waals surface area contributed by atoms with Crippen LogP contribution in [0.1, 0.15) is 45.6 Å². The smallest absolute Gasteiger partial charge is 0.262 e. The van der Waals surface area contributed by atoms with Gasteiger partial charge < -0.3 is 25.0 Å². The molecule has 1 saturated heterocycles. The maximum atomic E-state index is 13.4. The highest BCUT2D eigenvalue weighted by Gasteiger charge is 2.50. The molecule has 0 radical (unpaired) electrons. The van der Waals surface area contributed by atoms with Gasteiger partial charge in [-0.2, -0.15) is 5.26 Å². The number of carbonyl (C=O) groups excluding carboxylic acids is 2. The summed E-state index contributed by atoms with van der Waals surface area (Å²) >= 11 is 0. The van der Waals surface area contributed by atoms with E-state index in [0.29, 0.717) is 23.7 Å². The zero-order valence-corrected chi connectivity index (χ0v) is 22.1. The lowest BCUT2D eigenvalue weighted by Gasteiger charge is -2.39. The van der Waals surface area contributed by atoms with Crippen LogP contribution >= 0.6 is 0 Å². The zero-order valence-electron chi connectivity index (χ0n) is 22.1. The number of carbonyl (C=O) groups is 2. The third kappa shape index (κ3) is 5.33. The van der Waals surface area contributed by atoms with Gasteiger partial charge in [0.25, 0.3) is 5.91 Å². The number of piperidine rings is 1. The van der Waals surface area contributed by atoms with Crippen LogP contribution in [0.5, 0.6) is 5.75 Å². The molecule has 0 spiro atoms. The van der Waals surface area contributed by atoms with Crippen molar-refractivity contribution in [2.24, 2.45) is 5.92 Å². The highest BCUT2D eigenvalue weighted by Crippen LogP contribution is 2.45. The molecule has 2 amide bonds. The lowest BCUT2D eigenvalue weighted by atomic mass is 9.96. The lowest BCUT2D eigenvalue weighted by molar-refractivity contribution is -0.130. The molecule has 198 valence electrons. The number of nitrogens with zero attached hydrogens (tertiary/aromatic N) is 2. The third-order valence-corrected chi connectivity index (χ3v) is 7.38. The van der Waals surface area contributed by atoms with E-state index in [1.807, 2.05) is 68.1 Å². The second-order valence-electron chi connectivity index (χ2n) is 11.3. The fraction of sp³-hybridized carbons (Fsp3) is 0.433. The Kier molecular flexibility index (Phi) is 6.78. The normalized spacial score (nSPS) is 22.5. The molecular formula is C30H34N4O4. The summed E-state index contributed by atoms with van der Waals surface area (Å²) in [5.74, 6) is 1.11. The molecule has 2 heterocycles. The van der Waals surface area contributed by atoms with E-state index >= 15 is 0 Å². The number of anilines is 1. The van der Waals surface area contributed by atoms with Gasteiger partial charge in [0.2, 0.25) is 5.91 Å². The minimum absolute atomic E-state index is 0.0249. The molecule has 0 aromatic heterocycles. The van der Waals surface area contributed by atoms with Crippen LogP contribution in [0.3, 0.4) is 0 Å². The number of likely N-dealkylation sites (tertiary alicyclic amines) is 1. The molecule has 5 rings (SSSR count). The van der Waals surface area contributed by atoms with E-state index in [4.69, 9.17) is 9.47 Å². The van der Waals surface area contributed by atoms with Gasteiger partial charge in [-0.15, -0.1) is 0 Å². The minimum atomic E-state index is -0.651. The molecule has 8 heteroatoms. The Morgan fingerprint density at radius 3 is 2.68 bits per heavy atom. The van der Waals surface area contributed by atoms with Gasteiger partial charge in [-0.3, -0.25) is 9.59 Å². The quantitative estimate of drug-likeness (QED) is 0.532. The second-order valence-corrected chi connectivity index (χ2v) is 11.3. The monoisotopic (exact) mass is 514 g/mol. The average molecular weight is 515 g/mol. The Balaban J connectivity index is 1.24. The number of ether oxygens (including phenoxy) is 2. The van der Waals surface area contributed by atoms with Crippen molar-refractivity contribution >= 4 is 17.5 Å². The summed E-state index contributed by atoms with van der Waals surface area (Å²) in [5, 5.41) is 15.7. The highest BCUT2D eigenvalue weighted by molar-refractivity contribution is 5.96. The highest BCUT2D eigenvalue weighted by atomic mass is 16.5. The van der Waals surface area contributed by atoms with Gasteiger partial charge in [0, 0.05) is 12.5 Å². The van der Waals surface area contributed by atoms with Gasteiger partial charge in [0.05, 0.1) is 11.8 Å². The molecule has 2 aromatic rings. The van der Waals surface area contributed by atoms with Gasteiger partial charge in [0.1, 0.15) is 23.4 Å². The topological polar surface area (TPSA) is 104 Å². The zero-order chi connectivity index (χ0) is 27.0. The Labute approximate surface area is 223 Å². The van der Waals surface area contributed by atoms with Crippen LogP contribution in [-0.4, -0.2) is 47.0 Å². The molecule has 2 fully saturated rings. The SMILES string of the molecule is C=C(OC(C)(C)C)N1[C@@H]2CC[C@@H](C2)[C@H]1C(=O)N[C@H](C#N)Cc1ccc(-c2ccc3c(c2)NC(=O)CO3)cc1. The van der Waals surface area contributed by atoms with E-state index in [2.05, 4.69) is 23.3 Å². The Morgan fingerprint density at radius 1 is 1.24 bits per heavy atom. The molecule has 0 unspecified atom stereocenters. The fourth-order valence-corrected chi connectivity index (χ4v) is 5.81. The summed E-state index contributed by atoms with van der Waals surface area (Å²) in [4.78, 5) is 27.1. The van der Waals surface area contributed by atoms with Crippen molar-refractivity contribution in [3.63, 3.8) is 0 Å². The van der Waals surface area contributed by atoms with E-state index in [1.165, 1.54) is 0 Å². The summed E-state index contributed by atoms with van der Waals surface area (Å²) in [5.41, 5.74) is 3.12. The molecule has 8 nitrogen and oxygen atoms in total. The molecule has 2 aromatic carbocycles. The number of rotatable bonds is 7. The lowest BCUT2D eigenvalue weighted by Crippen LogP contribution is -2.52. The van der Waals surface area contributed by atoms with E-state index in [9.17, 15) is 14.9 Å². The van der Waals surface area contributed by atoms with Crippen LogP contribution in [0.4, 0.5) is 5.69 Å². The standard InChI is InChI=1S/C30H34N4O4/c1-18(38-30(2,3)4)34-24-11-9-22(14-24)28(34)29(36)32-23(16-31)13-19-5-7-20(8-6-19)21-10-12-26-25(15-21)33-27(35)17-37-26/h5-8,10,12,15,22-24,28H,1,9,11,13-14,17H2,2-4H3,(H,32,36)(H,33,35)/t22-,23-,24+,28-/m0/s1. The van der Waals surface area contributed by atoms with Crippen LogP contribution in [0.2, 0.25) is 0 Å². The number of fused-ring (bicyclic) bond motifs is 3. The van der Waals surface area contributed by atoms with Crippen molar-refractivity contribution < 1.29 is 19.1 Å². The largest absolute Gasteiger partial charge is 0.482 e. The van der Waals surface area contributed by atoms with E-state index in [-0.39, 0.29) is 36.4 Å². The van der Waals surface area contributed by atoms with Crippen molar-refractivity contribution in [2.45, 2.75) is 70.2 Å². The Bertz CT molecular complexity index is 1290. The van der Waals surface area contributed by atoms with Crippen molar-refractivity contribution in [3.05, 3.63) is 60.5 Å². The van der Waals surface area contributed by atoms with E-state index in [1.54, 1.807) is 0 Å². The first-order valence-electron chi connectivity index (χ1n) is 13.1. The molecule has 3 aliphatic rings. The fourth-order valence-electron chi connectivity index (χ4n) is 5.81. The maximum Gasteiger partial charge on any atom is 0.262 e. The first-order chi connectivity index (χ1) is 18.1. The number of hydrogen-bond acceptors (Lipinski definition) is 6. The van der Waals surface area contributed by atoms with E-state index < -0.39 is 11.6 Å². The van der Waals surface area contributed by atoms with Gasteiger partial charge in [0.15, 0.2) is 12.5 Å². The summed E-state index contributed by atoms with van der Waals surface area (Å²) in [6.45, 7) is 10.1. The first kappa shape index (κ1) is 25.7. The maximum absolute atomic E-state index is 13.4. The van der Waals surface area contributed by atoms with Gasteiger partial charge in [-0.1, -0.05) is 30.3 Å². The van der Waals surface area contributed by atoms with Crippen molar-refractivity contribution in [1.29, 1.82) is 5.26 Å². The number of benzene rings is 2. The first-order valence-corrected chi connectivity index (χ1v) is 13.1. The molecule has 2 aliphatic heterocycles. The molecule has 4 atom stereocenters. The molecular weight excluding hydrogens is 480 g/mol. The van der Waals surface area contributed by atoms with Crippen LogP contribution in [0.15, 0.2) is 54.9 Å². The number of hydrogen-bond donors (Lipinski definition) is 2. The molecule has 38 heavy (non-hydrogen) atoms. The third-order valence-electron chi connectivity index (χ3n) is 7.38. The predicted molar refractivity (Wildman–Crippen MR) is 144 cm³/mol. The summed E-state index contributed by atoms with van der Waals surface area (Å²) in [6.07, 6.45) is 3.37. The predicted octanol–water partition coefficient (Wildman–Crippen LogP) is 4.37. The van der Waals surface area contributed by atoms with Crippen LogP contribution in [-0.2, 0) is 20.7 Å². The molecule has 2 bridgehead atoms. The summed E-state index contributed by atoms with van der Waals surface area (Å²) in [6, 6.07) is 15.0.